The van der Waals surface area contributed by atoms with Gasteiger partial charge in [0.25, 0.3) is 0 Å². The first kappa shape index (κ1) is 21.2. The number of amides is 2. The van der Waals surface area contributed by atoms with E-state index in [1.165, 1.54) is 23.1 Å². The van der Waals surface area contributed by atoms with Gasteiger partial charge in [-0.15, -0.1) is 11.3 Å². The fourth-order valence-corrected chi connectivity index (χ4v) is 4.11. The number of thiazole rings is 1. The molecule has 0 radical (unpaired) electrons. The molecular weight excluding hydrogens is 430 g/mol. The fourth-order valence-electron chi connectivity index (χ4n) is 2.34. The van der Waals surface area contributed by atoms with Crippen LogP contribution in [0.1, 0.15) is 5.69 Å². The van der Waals surface area contributed by atoms with E-state index in [1.807, 2.05) is 5.38 Å². The summed E-state index contributed by atoms with van der Waals surface area (Å²) in [6, 6.07) is 14.0. The third-order valence-corrected chi connectivity index (χ3v) is 6.02. The fraction of sp³-hybridized carbons (Fsp3) is 0.150. The number of nitrogens with zero attached hydrogens (tertiary/aromatic N) is 1. The van der Waals surface area contributed by atoms with Crippen LogP contribution in [-0.2, 0) is 16.0 Å². The van der Waals surface area contributed by atoms with Crippen LogP contribution in [0.5, 0.6) is 5.75 Å². The minimum absolute atomic E-state index is 0.133. The second kappa shape index (κ2) is 10.3. The van der Waals surface area contributed by atoms with E-state index in [0.29, 0.717) is 22.1 Å². The van der Waals surface area contributed by atoms with Gasteiger partial charge in [-0.05, 0) is 48.5 Å². The molecule has 2 N–H and O–H groups in total. The highest BCUT2D eigenvalue weighted by atomic mass is 35.5. The molecule has 0 saturated heterocycles. The van der Waals surface area contributed by atoms with Crippen LogP contribution in [0, 0.1) is 0 Å². The molecule has 3 rings (SSSR count). The molecule has 0 aliphatic carbocycles. The zero-order chi connectivity index (χ0) is 20.6. The molecule has 6 nitrogen and oxygen atoms in total. The first-order valence-electron chi connectivity index (χ1n) is 8.58. The first-order valence-corrected chi connectivity index (χ1v) is 10.8. The molecule has 1 heterocycles. The lowest BCUT2D eigenvalue weighted by Gasteiger charge is -2.05. The quantitative estimate of drug-likeness (QED) is 0.488. The van der Waals surface area contributed by atoms with Gasteiger partial charge in [-0.1, -0.05) is 23.4 Å². The third kappa shape index (κ3) is 6.77. The molecule has 0 fully saturated rings. The van der Waals surface area contributed by atoms with Gasteiger partial charge in [-0.3, -0.25) is 9.59 Å². The Morgan fingerprint density at radius 1 is 1.03 bits per heavy atom. The van der Waals surface area contributed by atoms with Crippen molar-refractivity contribution >= 4 is 57.9 Å². The average molecular weight is 448 g/mol. The van der Waals surface area contributed by atoms with E-state index in [4.69, 9.17) is 16.3 Å². The molecule has 0 aliphatic heterocycles. The number of methoxy groups -OCH3 is 1. The smallest absolute Gasteiger partial charge is 0.234 e. The van der Waals surface area contributed by atoms with Crippen LogP contribution >= 0.6 is 34.7 Å². The van der Waals surface area contributed by atoms with Gasteiger partial charge >= 0.3 is 0 Å². The summed E-state index contributed by atoms with van der Waals surface area (Å²) in [4.78, 5) is 28.6. The van der Waals surface area contributed by atoms with Crippen LogP contribution in [0.2, 0.25) is 5.02 Å². The Kier molecular flexibility index (Phi) is 7.51. The Labute approximate surface area is 181 Å². The maximum Gasteiger partial charge on any atom is 0.234 e. The van der Waals surface area contributed by atoms with Crippen molar-refractivity contribution in [3.05, 3.63) is 64.6 Å². The lowest BCUT2D eigenvalue weighted by molar-refractivity contribution is -0.116. The molecule has 2 aromatic carbocycles. The molecule has 29 heavy (non-hydrogen) atoms. The summed E-state index contributed by atoms with van der Waals surface area (Å²) < 4.78 is 5.83. The molecule has 0 atom stereocenters. The predicted octanol–water partition coefficient (Wildman–Crippen LogP) is 4.72. The zero-order valence-corrected chi connectivity index (χ0v) is 17.9. The van der Waals surface area contributed by atoms with E-state index < -0.39 is 0 Å². The Morgan fingerprint density at radius 3 is 2.31 bits per heavy atom. The predicted molar refractivity (Wildman–Crippen MR) is 118 cm³/mol. The summed E-state index contributed by atoms with van der Waals surface area (Å²) in [5.74, 6) is 0.668. The molecule has 1 aromatic heterocycles. The number of aromatic nitrogens is 1. The normalized spacial score (nSPS) is 10.4. The number of carbonyl (C=O) groups excluding carboxylic acids is 2. The number of rotatable bonds is 8. The molecule has 150 valence electrons. The summed E-state index contributed by atoms with van der Waals surface area (Å²) in [5, 5.41) is 8.06. The minimum Gasteiger partial charge on any atom is -0.497 e. The lowest BCUT2D eigenvalue weighted by atomic mass is 10.2. The molecule has 9 heteroatoms. The van der Waals surface area contributed by atoms with E-state index in [0.717, 1.165) is 10.1 Å². The first-order chi connectivity index (χ1) is 14.0. The third-order valence-electron chi connectivity index (χ3n) is 3.70. The van der Waals surface area contributed by atoms with Crippen LogP contribution in [-0.4, -0.2) is 29.7 Å². The number of nitrogens with one attached hydrogen (secondary N) is 2. The lowest BCUT2D eigenvalue weighted by Crippen LogP contribution is -2.14. The Hall–Kier alpha value is -2.55. The van der Waals surface area contributed by atoms with Crippen LogP contribution in [0.15, 0.2) is 58.3 Å². The van der Waals surface area contributed by atoms with E-state index >= 15 is 0 Å². The van der Waals surface area contributed by atoms with Crippen molar-refractivity contribution in [3.63, 3.8) is 0 Å². The Morgan fingerprint density at radius 2 is 1.66 bits per heavy atom. The highest BCUT2D eigenvalue weighted by Crippen LogP contribution is 2.24. The van der Waals surface area contributed by atoms with Gasteiger partial charge in [0.2, 0.25) is 11.8 Å². The summed E-state index contributed by atoms with van der Waals surface area (Å²) in [6.07, 6.45) is 0.167. The maximum atomic E-state index is 12.2. The van der Waals surface area contributed by atoms with E-state index in [9.17, 15) is 9.59 Å². The largest absolute Gasteiger partial charge is 0.497 e. The van der Waals surface area contributed by atoms with Gasteiger partial charge in [-0.2, -0.15) is 0 Å². The van der Waals surface area contributed by atoms with Crippen LogP contribution in [0.25, 0.3) is 0 Å². The minimum atomic E-state index is -0.155. The van der Waals surface area contributed by atoms with Gasteiger partial charge in [0.1, 0.15) is 5.75 Å². The van der Waals surface area contributed by atoms with Crippen molar-refractivity contribution in [1.29, 1.82) is 0 Å². The monoisotopic (exact) mass is 447 g/mol. The van der Waals surface area contributed by atoms with E-state index in [2.05, 4.69) is 15.6 Å². The molecule has 0 aliphatic rings. The highest BCUT2D eigenvalue weighted by Gasteiger charge is 2.11. The SMILES string of the molecule is COc1ccc(NC(=O)Cc2csc(SCC(=O)Nc3ccc(Cl)cc3)n2)cc1. The molecular formula is C20H18ClN3O3S2. The number of thioether (sulfide) groups is 1. The number of benzene rings is 2. The number of halogens is 1. The van der Waals surface area contributed by atoms with E-state index in [-0.39, 0.29) is 24.0 Å². The van der Waals surface area contributed by atoms with E-state index in [1.54, 1.807) is 55.6 Å². The summed E-state index contributed by atoms with van der Waals surface area (Å²) in [7, 11) is 1.59. The summed E-state index contributed by atoms with van der Waals surface area (Å²) in [5.41, 5.74) is 2.05. The number of hydrogen-bond acceptors (Lipinski definition) is 6. The zero-order valence-electron chi connectivity index (χ0n) is 15.5. The number of ether oxygens (including phenoxy) is 1. The van der Waals surface area contributed by atoms with Crippen molar-refractivity contribution in [2.24, 2.45) is 0 Å². The Bertz CT molecular complexity index is 975. The van der Waals surface area contributed by atoms with Crippen molar-refractivity contribution in [2.45, 2.75) is 10.8 Å². The maximum absolute atomic E-state index is 12.2. The van der Waals surface area contributed by atoms with Gasteiger partial charge in [-0.25, -0.2) is 4.98 Å². The van der Waals surface area contributed by atoms with Crippen LogP contribution in [0.4, 0.5) is 11.4 Å². The Balaban J connectivity index is 1.45. The van der Waals surface area contributed by atoms with Gasteiger partial charge in [0, 0.05) is 21.8 Å². The summed E-state index contributed by atoms with van der Waals surface area (Å²) in [6.45, 7) is 0. The van der Waals surface area contributed by atoms with Crippen LogP contribution < -0.4 is 15.4 Å². The van der Waals surface area contributed by atoms with Crippen molar-refractivity contribution in [1.82, 2.24) is 4.98 Å². The second-order valence-corrected chi connectivity index (χ2v) is 8.42. The number of carbonyl (C=O) groups is 2. The van der Waals surface area contributed by atoms with Gasteiger partial charge < -0.3 is 15.4 Å². The van der Waals surface area contributed by atoms with Gasteiger partial charge in [0.05, 0.1) is 25.0 Å². The molecule has 0 spiro atoms. The molecule has 0 bridgehead atoms. The number of anilines is 2. The van der Waals surface area contributed by atoms with Gasteiger partial charge in [0.15, 0.2) is 4.34 Å². The van der Waals surface area contributed by atoms with Crippen molar-refractivity contribution in [3.8, 4) is 5.75 Å². The standard InChI is InChI=1S/C20H18ClN3O3S2/c1-27-17-8-6-15(7-9-17)22-18(25)10-16-11-28-20(24-16)29-12-19(26)23-14-4-2-13(21)3-5-14/h2-9,11H,10,12H2,1H3,(H,22,25)(H,23,26). The number of hydrogen-bond donors (Lipinski definition) is 2. The molecule has 2 amide bonds. The molecule has 3 aromatic rings. The topological polar surface area (TPSA) is 80.3 Å². The van der Waals surface area contributed by atoms with Crippen LogP contribution in [0.3, 0.4) is 0 Å². The van der Waals surface area contributed by atoms with Crippen molar-refractivity contribution < 1.29 is 14.3 Å². The molecule has 0 saturated carbocycles. The summed E-state index contributed by atoms with van der Waals surface area (Å²) >= 11 is 8.57. The van der Waals surface area contributed by atoms with Crippen molar-refractivity contribution in [2.75, 3.05) is 23.5 Å². The highest BCUT2D eigenvalue weighted by molar-refractivity contribution is 8.01. The second-order valence-electron chi connectivity index (χ2n) is 5.90. The average Bonchev–Trinajstić information content (AvgIpc) is 3.16. The molecule has 0 unspecified atom stereocenters.